The minimum atomic E-state index is -0.392. The summed E-state index contributed by atoms with van der Waals surface area (Å²) in [5.74, 6) is 2.20. The van der Waals surface area contributed by atoms with E-state index in [0.717, 1.165) is 49.0 Å². The minimum absolute atomic E-state index is 0.392. The highest BCUT2D eigenvalue weighted by molar-refractivity contribution is 7.99. The number of nitrogens with zero attached hydrogens (tertiary/aromatic N) is 4. The smallest absolute Gasteiger partial charge is 0.191 e. The number of fused-ring (bicyclic) bond motifs is 1. The topological polar surface area (TPSA) is 66.5 Å². The van der Waals surface area contributed by atoms with Crippen molar-refractivity contribution in [2.24, 2.45) is 0 Å². The molecule has 1 N–H and O–H groups in total. The van der Waals surface area contributed by atoms with Crippen molar-refractivity contribution in [3.8, 4) is 6.07 Å². The lowest BCUT2D eigenvalue weighted by molar-refractivity contribution is 0.439. The van der Waals surface area contributed by atoms with Crippen LogP contribution >= 0.6 is 11.8 Å². The maximum absolute atomic E-state index is 9.11. The maximum Gasteiger partial charge on any atom is 0.191 e. The summed E-state index contributed by atoms with van der Waals surface area (Å²) in [6, 6.07) is 2.34. The summed E-state index contributed by atoms with van der Waals surface area (Å²) in [6.45, 7) is 3.02. The molecule has 1 aromatic rings. The second-order valence-corrected chi connectivity index (χ2v) is 6.92. The summed E-state index contributed by atoms with van der Waals surface area (Å²) in [6.07, 6.45) is 7.88. The largest absolute Gasteiger partial charge is 0.306 e. The van der Waals surface area contributed by atoms with Gasteiger partial charge in [0.1, 0.15) is 11.4 Å². The first-order chi connectivity index (χ1) is 10.2. The Balaban J connectivity index is 1.75. The molecule has 0 bridgehead atoms. The van der Waals surface area contributed by atoms with Gasteiger partial charge in [-0.2, -0.15) is 5.26 Å². The van der Waals surface area contributed by atoms with Gasteiger partial charge in [0.25, 0.3) is 0 Å². The number of nitrogens with one attached hydrogen (secondary N) is 1. The third kappa shape index (κ3) is 4.45. The zero-order valence-corrected chi connectivity index (χ0v) is 13.9. The van der Waals surface area contributed by atoms with Crippen LogP contribution in [0.3, 0.4) is 0 Å². The van der Waals surface area contributed by atoms with Crippen LogP contribution in [0.5, 0.6) is 0 Å². The molecule has 0 radical (unpaired) electrons. The molecule has 1 aromatic heterocycles. The lowest BCUT2D eigenvalue weighted by Crippen LogP contribution is -2.37. The van der Waals surface area contributed by atoms with Gasteiger partial charge < -0.3 is 9.88 Å². The molecule has 0 fully saturated rings. The van der Waals surface area contributed by atoms with Crippen LogP contribution in [0.15, 0.2) is 5.16 Å². The third-order valence-corrected chi connectivity index (χ3v) is 5.23. The molecule has 0 saturated heterocycles. The lowest BCUT2D eigenvalue weighted by Gasteiger charge is -2.20. The average Bonchev–Trinajstić information content (AvgIpc) is 2.73. The fraction of sp³-hybridized carbons (Fsp3) is 0.800. The molecule has 1 aliphatic rings. The van der Waals surface area contributed by atoms with Crippen LogP contribution in [0.25, 0.3) is 0 Å². The molecule has 2 heterocycles. The molecule has 0 aliphatic carbocycles. The van der Waals surface area contributed by atoms with Crippen LogP contribution in [0, 0.1) is 11.3 Å². The van der Waals surface area contributed by atoms with Crippen molar-refractivity contribution in [2.75, 3.05) is 12.8 Å². The number of aromatic nitrogens is 3. The molecule has 0 aromatic carbocycles. The Morgan fingerprint density at radius 1 is 1.33 bits per heavy atom. The van der Waals surface area contributed by atoms with Crippen LogP contribution in [-0.4, -0.2) is 33.1 Å². The van der Waals surface area contributed by atoms with Gasteiger partial charge >= 0.3 is 0 Å². The van der Waals surface area contributed by atoms with Gasteiger partial charge in [0.05, 0.1) is 6.07 Å². The minimum Gasteiger partial charge on any atom is -0.306 e. The van der Waals surface area contributed by atoms with Crippen molar-refractivity contribution in [2.45, 2.75) is 69.1 Å². The molecule has 116 valence electrons. The molecule has 1 aliphatic heterocycles. The average molecular weight is 307 g/mol. The van der Waals surface area contributed by atoms with E-state index < -0.39 is 5.54 Å². The second-order valence-electron chi connectivity index (χ2n) is 5.86. The molecule has 1 atom stereocenters. The molecule has 21 heavy (non-hydrogen) atoms. The van der Waals surface area contributed by atoms with Gasteiger partial charge in [-0.15, -0.1) is 10.2 Å². The maximum atomic E-state index is 9.11. The Labute approximate surface area is 131 Å². The number of thioether (sulfide) groups is 1. The van der Waals surface area contributed by atoms with E-state index in [1.165, 1.54) is 19.3 Å². The Kier molecular flexibility index (Phi) is 6.07. The molecule has 5 nitrogen and oxygen atoms in total. The number of nitriles is 1. The molecule has 1 unspecified atom stereocenters. The summed E-state index contributed by atoms with van der Waals surface area (Å²) in [7, 11) is 1.85. The molecule has 0 amide bonds. The van der Waals surface area contributed by atoms with Gasteiger partial charge in [0, 0.05) is 18.7 Å². The van der Waals surface area contributed by atoms with Gasteiger partial charge in [-0.25, -0.2) is 0 Å². The van der Waals surface area contributed by atoms with Crippen molar-refractivity contribution in [1.82, 2.24) is 20.1 Å². The highest BCUT2D eigenvalue weighted by Crippen LogP contribution is 2.23. The third-order valence-electron chi connectivity index (χ3n) is 4.18. The highest BCUT2D eigenvalue weighted by Gasteiger charge is 2.20. The lowest BCUT2D eigenvalue weighted by atomic mass is 9.97. The number of hydrogen-bond acceptors (Lipinski definition) is 5. The molecule has 6 heteroatoms. The first-order valence-corrected chi connectivity index (χ1v) is 8.82. The number of unbranched alkanes of at least 4 members (excludes halogenated alkanes) is 1. The summed E-state index contributed by atoms with van der Waals surface area (Å²) in [5.41, 5.74) is -0.392. The monoisotopic (exact) mass is 307 g/mol. The Bertz CT molecular complexity index is 493. The van der Waals surface area contributed by atoms with Crippen LogP contribution < -0.4 is 5.32 Å². The Morgan fingerprint density at radius 2 is 2.19 bits per heavy atom. The van der Waals surface area contributed by atoms with E-state index in [-0.39, 0.29) is 0 Å². The Hall–Kier alpha value is -1.06. The van der Waals surface area contributed by atoms with Gasteiger partial charge in [-0.3, -0.25) is 0 Å². The van der Waals surface area contributed by atoms with Gasteiger partial charge in [-0.05, 0) is 46.1 Å². The molecular formula is C15H25N5S. The van der Waals surface area contributed by atoms with Crippen molar-refractivity contribution < 1.29 is 0 Å². The Morgan fingerprint density at radius 3 is 2.95 bits per heavy atom. The summed E-state index contributed by atoms with van der Waals surface area (Å²) >= 11 is 1.80. The first kappa shape index (κ1) is 16.3. The summed E-state index contributed by atoms with van der Waals surface area (Å²) in [5, 5.41) is 21.9. The number of aryl methyl sites for hydroxylation is 1. The quantitative estimate of drug-likeness (QED) is 0.620. The standard InChI is InChI=1S/C15H25N5S/c1-15(12-16,17-2)9-5-7-11-21-14-19-18-13-8-4-3-6-10-20(13)14/h17H,3-11H2,1-2H3. The van der Waals surface area contributed by atoms with Crippen LogP contribution in [-0.2, 0) is 13.0 Å². The van der Waals surface area contributed by atoms with Crippen LogP contribution in [0.1, 0.15) is 51.3 Å². The van der Waals surface area contributed by atoms with Crippen LogP contribution in [0.4, 0.5) is 0 Å². The highest BCUT2D eigenvalue weighted by atomic mass is 32.2. The fourth-order valence-electron chi connectivity index (χ4n) is 2.55. The molecule has 0 spiro atoms. The van der Waals surface area contributed by atoms with E-state index in [1.807, 2.05) is 14.0 Å². The fourth-order valence-corrected chi connectivity index (χ4v) is 3.53. The van der Waals surface area contributed by atoms with Gasteiger partial charge in [0.2, 0.25) is 0 Å². The van der Waals surface area contributed by atoms with Crippen molar-refractivity contribution in [3.63, 3.8) is 0 Å². The van der Waals surface area contributed by atoms with Gasteiger partial charge in [-0.1, -0.05) is 18.2 Å². The second kappa shape index (κ2) is 7.81. The summed E-state index contributed by atoms with van der Waals surface area (Å²) in [4.78, 5) is 0. The van der Waals surface area contributed by atoms with E-state index in [4.69, 9.17) is 5.26 Å². The van der Waals surface area contributed by atoms with Crippen molar-refractivity contribution >= 4 is 11.8 Å². The van der Waals surface area contributed by atoms with Crippen molar-refractivity contribution in [3.05, 3.63) is 5.82 Å². The SMILES string of the molecule is CNC(C)(C#N)CCCCSc1nnc2n1CCCCC2. The van der Waals surface area contributed by atoms with E-state index >= 15 is 0 Å². The predicted octanol–water partition coefficient (Wildman–Crippen LogP) is 2.77. The number of hydrogen-bond donors (Lipinski definition) is 1. The normalized spacial score (nSPS) is 17.6. The molecule has 2 rings (SSSR count). The predicted molar refractivity (Wildman–Crippen MR) is 85.2 cm³/mol. The van der Waals surface area contributed by atoms with Gasteiger partial charge in [0.15, 0.2) is 5.16 Å². The zero-order chi connectivity index (χ0) is 15.1. The van der Waals surface area contributed by atoms with Crippen LogP contribution in [0.2, 0.25) is 0 Å². The first-order valence-electron chi connectivity index (χ1n) is 7.83. The van der Waals surface area contributed by atoms with E-state index in [1.54, 1.807) is 11.8 Å². The number of rotatable bonds is 7. The van der Waals surface area contributed by atoms with Crippen molar-refractivity contribution in [1.29, 1.82) is 5.26 Å². The summed E-state index contributed by atoms with van der Waals surface area (Å²) < 4.78 is 2.30. The molecular weight excluding hydrogens is 282 g/mol. The van der Waals surface area contributed by atoms with E-state index in [2.05, 4.69) is 26.2 Å². The molecule has 0 saturated carbocycles. The zero-order valence-electron chi connectivity index (χ0n) is 13.1. The van der Waals surface area contributed by atoms with E-state index in [0.29, 0.717) is 0 Å². The van der Waals surface area contributed by atoms with E-state index in [9.17, 15) is 0 Å².